The molecule has 1 atom stereocenters. The van der Waals surface area contributed by atoms with Gasteiger partial charge in [0, 0.05) is 17.1 Å². The first kappa shape index (κ1) is 19.3. The molecule has 29 heavy (non-hydrogen) atoms. The molecule has 150 valence electrons. The Balaban J connectivity index is 1.62. The van der Waals surface area contributed by atoms with Crippen molar-refractivity contribution in [2.45, 2.75) is 45.7 Å². The van der Waals surface area contributed by atoms with Crippen molar-refractivity contribution < 1.29 is 9.59 Å². The Morgan fingerprint density at radius 3 is 2.59 bits per heavy atom. The zero-order valence-corrected chi connectivity index (χ0v) is 17.4. The predicted molar refractivity (Wildman–Crippen MR) is 111 cm³/mol. The average Bonchev–Trinajstić information content (AvgIpc) is 3.16. The van der Waals surface area contributed by atoms with Gasteiger partial charge in [-0.15, -0.1) is 11.3 Å². The minimum Gasteiger partial charge on any atom is -0.319 e. The Hall–Kier alpha value is -3.00. The van der Waals surface area contributed by atoms with Crippen LogP contribution < -0.4 is 10.9 Å². The SMILES string of the molecule is CCCc1ccc(C2(C)NC(=O)N(Cc3cc(=O)n4c(C)csc4n3)C2=O)cc1. The van der Waals surface area contributed by atoms with Crippen molar-refractivity contribution in [2.75, 3.05) is 0 Å². The van der Waals surface area contributed by atoms with Gasteiger partial charge in [-0.1, -0.05) is 37.6 Å². The first-order valence-corrected chi connectivity index (χ1v) is 10.4. The number of aryl methyl sites for hydroxylation is 2. The highest BCUT2D eigenvalue weighted by molar-refractivity contribution is 7.15. The molecule has 2 aromatic heterocycles. The van der Waals surface area contributed by atoms with E-state index in [2.05, 4.69) is 17.2 Å². The molecule has 0 spiro atoms. The van der Waals surface area contributed by atoms with E-state index in [-0.39, 0.29) is 18.0 Å². The van der Waals surface area contributed by atoms with Gasteiger partial charge < -0.3 is 5.32 Å². The van der Waals surface area contributed by atoms with Crippen molar-refractivity contribution in [3.8, 4) is 0 Å². The highest BCUT2D eigenvalue weighted by atomic mass is 32.1. The molecule has 1 aliphatic rings. The molecule has 1 aliphatic heterocycles. The lowest BCUT2D eigenvalue weighted by atomic mass is 9.91. The second kappa shape index (κ2) is 7.11. The number of amides is 3. The number of nitrogens with zero attached hydrogens (tertiary/aromatic N) is 3. The summed E-state index contributed by atoms with van der Waals surface area (Å²) in [7, 11) is 0. The van der Waals surface area contributed by atoms with Gasteiger partial charge in [-0.3, -0.25) is 18.9 Å². The Labute approximate surface area is 172 Å². The molecule has 0 bridgehead atoms. The highest BCUT2D eigenvalue weighted by Crippen LogP contribution is 2.30. The second-order valence-electron chi connectivity index (χ2n) is 7.47. The molecule has 7 nitrogen and oxygen atoms in total. The standard InChI is InChI=1S/C21H22N4O3S/c1-4-5-14-6-8-15(9-7-14)21(3)18(27)24(19(28)23-21)11-16-10-17(26)25-13(2)12-29-20(25)22-16/h6-10,12H,4-5,11H2,1-3H3,(H,23,28). The maximum Gasteiger partial charge on any atom is 0.325 e. The molecule has 3 aromatic rings. The van der Waals surface area contributed by atoms with Crippen molar-refractivity contribution >= 4 is 28.2 Å². The second-order valence-corrected chi connectivity index (χ2v) is 8.31. The number of fused-ring (bicyclic) bond motifs is 1. The summed E-state index contributed by atoms with van der Waals surface area (Å²) < 4.78 is 1.52. The van der Waals surface area contributed by atoms with Crippen LogP contribution in [0, 0.1) is 6.92 Å². The quantitative estimate of drug-likeness (QED) is 0.656. The monoisotopic (exact) mass is 410 g/mol. The third-order valence-electron chi connectivity index (χ3n) is 5.29. The van der Waals surface area contributed by atoms with Gasteiger partial charge in [0.25, 0.3) is 11.5 Å². The molecule has 3 amide bonds. The maximum absolute atomic E-state index is 13.1. The van der Waals surface area contributed by atoms with Crippen molar-refractivity contribution in [2.24, 2.45) is 0 Å². The number of rotatable bonds is 5. The predicted octanol–water partition coefficient (Wildman–Crippen LogP) is 2.98. The van der Waals surface area contributed by atoms with Crippen LogP contribution in [0.1, 0.15) is 42.8 Å². The van der Waals surface area contributed by atoms with Gasteiger partial charge in [0.15, 0.2) is 4.96 Å². The van der Waals surface area contributed by atoms with Crippen molar-refractivity contribution in [1.29, 1.82) is 0 Å². The van der Waals surface area contributed by atoms with E-state index in [0.29, 0.717) is 10.7 Å². The van der Waals surface area contributed by atoms with Crippen LogP contribution in [0.5, 0.6) is 0 Å². The van der Waals surface area contributed by atoms with E-state index in [1.165, 1.54) is 27.4 Å². The summed E-state index contributed by atoms with van der Waals surface area (Å²) in [5, 5.41) is 4.65. The van der Waals surface area contributed by atoms with E-state index in [0.717, 1.165) is 29.0 Å². The summed E-state index contributed by atoms with van der Waals surface area (Å²) in [4.78, 5) is 44.2. The Bertz CT molecular complexity index is 1160. The van der Waals surface area contributed by atoms with Crippen molar-refractivity contribution in [3.05, 3.63) is 68.6 Å². The van der Waals surface area contributed by atoms with E-state index in [1.807, 2.05) is 36.6 Å². The smallest absolute Gasteiger partial charge is 0.319 e. The molecule has 1 saturated heterocycles. The van der Waals surface area contributed by atoms with Crippen LogP contribution in [0.25, 0.3) is 4.96 Å². The molecule has 3 heterocycles. The van der Waals surface area contributed by atoms with Crippen LogP contribution in [0.2, 0.25) is 0 Å². The Morgan fingerprint density at radius 1 is 1.17 bits per heavy atom. The lowest BCUT2D eigenvalue weighted by Crippen LogP contribution is -2.40. The van der Waals surface area contributed by atoms with Gasteiger partial charge >= 0.3 is 6.03 Å². The van der Waals surface area contributed by atoms with Gasteiger partial charge in [0.2, 0.25) is 0 Å². The lowest BCUT2D eigenvalue weighted by Gasteiger charge is -2.22. The number of nitrogens with one attached hydrogen (secondary N) is 1. The molecule has 4 rings (SSSR count). The minimum absolute atomic E-state index is 0.0448. The van der Waals surface area contributed by atoms with Crippen LogP contribution in [0.4, 0.5) is 4.79 Å². The normalized spacial score (nSPS) is 19.2. The van der Waals surface area contributed by atoms with Crippen molar-refractivity contribution in [3.63, 3.8) is 0 Å². The average molecular weight is 410 g/mol. The summed E-state index contributed by atoms with van der Waals surface area (Å²) >= 11 is 1.35. The Kier molecular flexibility index (Phi) is 4.74. The number of hydrogen-bond donors (Lipinski definition) is 1. The molecule has 1 aromatic carbocycles. The number of imide groups is 1. The first-order valence-electron chi connectivity index (χ1n) is 9.54. The third-order valence-corrected chi connectivity index (χ3v) is 6.24. The maximum atomic E-state index is 13.1. The minimum atomic E-state index is -1.14. The summed E-state index contributed by atoms with van der Waals surface area (Å²) in [5.74, 6) is -0.352. The molecule has 1 unspecified atom stereocenters. The van der Waals surface area contributed by atoms with Gasteiger partial charge in [0.1, 0.15) is 5.54 Å². The zero-order valence-electron chi connectivity index (χ0n) is 16.6. The van der Waals surface area contributed by atoms with Gasteiger partial charge in [-0.25, -0.2) is 9.78 Å². The van der Waals surface area contributed by atoms with Crippen LogP contribution in [0.3, 0.4) is 0 Å². The summed E-state index contributed by atoms with van der Waals surface area (Å²) in [6.07, 6.45) is 2.01. The number of benzene rings is 1. The van der Waals surface area contributed by atoms with Crippen LogP contribution in [0.15, 0.2) is 40.5 Å². The van der Waals surface area contributed by atoms with Crippen molar-refractivity contribution in [1.82, 2.24) is 19.6 Å². The number of carbonyl (C=O) groups excluding carboxylic acids is 2. The number of urea groups is 1. The molecule has 0 saturated carbocycles. The number of aromatic nitrogens is 2. The fraction of sp³-hybridized carbons (Fsp3) is 0.333. The molecule has 0 radical (unpaired) electrons. The molecule has 8 heteroatoms. The fourth-order valence-corrected chi connectivity index (χ4v) is 4.56. The van der Waals surface area contributed by atoms with E-state index < -0.39 is 11.6 Å². The van der Waals surface area contributed by atoms with Crippen LogP contribution >= 0.6 is 11.3 Å². The summed E-state index contributed by atoms with van der Waals surface area (Å²) in [6.45, 7) is 5.61. The molecule has 0 aliphatic carbocycles. The number of thiazole rings is 1. The molecule has 1 fully saturated rings. The first-order chi connectivity index (χ1) is 13.8. The van der Waals surface area contributed by atoms with E-state index >= 15 is 0 Å². The lowest BCUT2D eigenvalue weighted by molar-refractivity contribution is -0.131. The third kappa shape index (κ3) is 3.23. The van der Waals surface area contributed by atoms with E-state index in [9.17, 15) is 14.4 Å². The van der Waals surface area contributed by atoms with Gasteiger partial charge in [0.05, 0.1) is 12.2 Å². The Morgan fingerprint density at radius 2 is 1.90 bits per heavy atom. The molecular formula is C21H22N4O3S. The largest absolute Gasteiger partial charge is 0.325 e. The fourth-order valence-electron chi connectivity index (χ4n) is 3.67. The van der Waals surface area contributed by atoms with Crippen LogP contribution in [-0.4, -0.2) is 26.2 Å². The van der Waals surface area contributed by atoms with Crippen LogP contribution in [-0.2, 0) is 23.3 Å². The molecular weight excluding hydrogens is 388 g/mol. The summed E-state index contributed by atoms with van der Waals surface area (Å²) in [5.41, 5.74) is 1.77. The zero-order chi connectivity index (χ0) is 20.8. The van der Waals surface area contributed by atoms with Gasteiger partial charge in [-0.05, 0) is 31.4 Å². The topological polar surface area (TPSA) is 83.8 Å². The molecule has 1 N–H and O–H groups in total. The van der Waals surface area contributed by atoms with Gasteiger partial charge in [-0.2, -0.15) is 0 Å². The summed E-state index contributed by atoms with van der Waals surface area (Å²) in [6, 6.07) is 8.64. The van der Waals surface area contributed by atoms with E-state index in [4.69, 9.17) is 0 Å². The number of carbonyl (C=O) groups is 2. The number of hydrogen-bond acceptors (Lipinski definition) is 5. The highest BCUT2D eigenvalue weighted by Gasteiger charge is 2.49. The van der Waals surface area contributed by atoms with E-state index in [1.54, 1.807) is 6.92 Å².